The van der Waals surface area contributed by atoms with Gasteiger partial charge in [0.05, 0.1) is 11.1 Å². The van der Waals surface area contributed by atoms with Crippen LogP contribution in [0.4, 0.5) is 13.2 Å². The minimum atomic E-state index is -4.61. The summed E-state index contributed by atoms with van der Waals surface area (Å²) in [5.41, 5.74) is 2.43. The van der Waals surface area contributed by atoms with Crippen LogP contribution in [0.25, 0.3) is 32.9 Å². The Bertz CT molecular complexity index is 1560. The molecule has 4 aromatic rings. The highest BCUT2D eigenvalue weighted by Crippen LogP contribution is 2.36. The number of nitrogens with zero attached hydrogens (tertiary/aromatic N) is 2. The number of aromatic nitrogens is 2. The molecule has 3 heterocycles. The maximum absolute atomic E-state index is 13.3. The van der Waals surface area contributed by atoms with Crippen LogP contribution >= 0.6 is 0 Å². The van der Waals surface area contributed by atoms with Gasteiger partial charge in [0.2, 0.25) is 5.91 Å². The first-order valence-electron chi connectivity index (χ1n) is 13.1. The third-order valence-corrected chi connectivity index (χ3v) is 7.14. The van der Waals surface area contributed by atoms with Gasteiger partial charge in [-0.25, -0.2) is 4.98 Å². The van der Waals surface area contributed by atoms with Crippen molar-refractivity contribution in [1.29, 1.82) is 0 Å². The van der Waals surface area contributed by atoms with Crippen LogP contribution < -0.4 is 10.1 Å². The number of ether oxygens (including phenoxy) is 1. The number of H-pyrrole nitrogens is 1. The van der Waals surface area contributed by atoms with Crippen molar-refractivity contribution in [2.24, 2.45) is 0 Å². The third kappa shape index (κ3) is 5.74. The van der Waals surface area contributed by atoms with E-state index in [9.17, 15) is 22.8 Å². The van der Waals surface area contributed by atoms with Gasteiger partial charge in [-0.2, -0.15) is 13.2 Å². The number of hydrogen-bond acceptors (Lipinski definition) is 5. The minimum absolute atomic E-state index is 0.140. The molecule has 0 aliphatic carbocycles. The first-order valence-corrected chi connectivity index (χ1v) is 13.1. The highest BCUT2D eigenvalue weighted by Gasteiger charge is 2.32. The fraction of sp³-hybridized carbons (Fsp3) is 0.345. The predicted octanol–water partition coefficient (Wildman–Crippen LogP) is 4.60. The Balaban J connectivity index is 1.51. The molecule has 1 saturated heterocycles. The molecule has 40 heavy (non-hydrogen) atoms. The number of hydrogen-bond donors (Lipinski definition) is 3. The second kappa shape index (κ2) is 11.2. The highest BCUT2D eigenvalue weighted by molar-refractivity contribution is 6.04. The zero-order chi connectivity index (χ0) is 28.4. The molecule has 210 valence electrons. The molecule has 3 N–H and O–H groups in total. The number of nitrogens with one attached hydrogen (secondary N) is 2. The lowest BCUT2D eigenvalue weighted by atomic mass is 9.98. The van der Waals surface area contributed by atoms with Gasteiger partial charge >= 0.3 is 6.18 Å². The number of pyridine rings is 1. The number of benzene rings is 2. The van der Waals surface area contributed by atoms with E-state index in [1.807, 2.05) is 49.4 Å². The van der Waals surface area contributed by atoms with Crippen molar-refractivity contribution in [2.45, 2.75) is 38.4 Å². The number of likely N-dealkylation sites (tertiary alicyclic amines) is 1. The van der Waals surface area contributed by atoms with Gasteiger partial charge in [-0.3, -0.25) is 9.59 Å². The second-order valence-electron chi connectivity index (χ2n) is 9.81. The number of halogens is 3. The van der Waals surface area contributed by atoms with Gasteiger partial charge in [0.1, 0.15) is 17.9 Å². The van der Waals surface area contributed by atoms with Crippen molar-refractivity contribution < 1.29 is 32.6 Å². The smallest absolute Gasteiger partial charge is 0.422 e. The summed E-state index contributed by atoms with van der Waals surface area (Å²) in [6, 6.07) is 15.2. The molecule has 1 aliphatic rings. The zero-order valence-corrected chi connectivity index (χ0v) is 21.8. The first-order chi connectivity index (χ1) is 19.2. The summed E-state index contributed by atoms with van der Waals surface area (Å²) in [6.07, 6.45) is -3.16. The Hall–Kier alpha value is -4.12. The number of carbonyl (C=O) groups is 2. The molecule has 2 amide bonds. The van der Waals surface area contributed by atoms with Crippen LogP contribution in [-0.4, -0.2) is 70.3 Å². The summed E-state index contributed by atoms with van der Waals surface area (Å²) >= 11 is 0. The predicted molar refractivity (Wildman–Crippen MR) is 144 cm³/mol. The summed E-state index contributed by atoms with van der Waals surface area (Å²) in [4.78, 5) is 34.1. The number of carbonyl (C=O) groups excluding carboxylic acids is 2. The Morgan fingerprint density at radius 3 is 2.52 bits per heavy atom. The van der Waals surface area contributed by atoms with Crippen LogP contribution in [0.3, 0.4) is 0 Å². The average molecular weight is 555 g/mol. The standard InChI is InChI=1S/C29H29F3N4O4/c1-2-23-21(19-8-7-17-5-3-4-6-18(17)13-19)14-22-26(40-16-29(30,31)32)25(35-27(22)34-23)28(39)33-20-9-11-36(12-10-20)24(38)15-37/h3-8,13-14,20,37H,2,9-12,15-16H2,1H3,(H,33,39)(H,34,35). The molecule has 0 atom stereocenters. The number of aromatic amines is 1. The van der Waals surface area contributed by atoms with E-state index in [1.165, 1.54) is 4.90 Å². The van der Waals surface area contributed by atoms with Crippen molar-refractivity contribution in [2.75, 3.05) is 26.3 Å². The van der Waals surface area contributed by atoms with Crippen molar-refractivity contribution >= 4 is 33.6 Å². The molecule has 0 radical (unpaired) electrons. The summed E-state index contributed by atoms with van der Waals surface area (Å²) in [7, 11) is 0. The molecule has 2 aromatic heterocycles. The van der Waals surface area contributed by atoms with Gasteiger partial charge in [0, 0.05) is 24.7 Å². The van der Waals surface area contributed by atoms with Crippen molar-refractivity contribution in [3.63, 3.8) is 0 Å². The summed E-state index contributed by atoms with van der Waals surface area (Å²) < 4.78 is 44.8. The van der Waals surface area contributed by atoms with Gasteiger partial charge in [-0.05, 0) is 47.7 Å². The Morgan fingerprint density at radius 2 is 1.85 bits per heavy atom. The number of alkyl halides is 3. The second-order valence-corrected chi connectivity index (χ2v) is 9.81. The molecule has 0 unspecified atom stereocenters. The highest BCUT2D eigenvalue weighted by atomic mass is 19.4. The average Bonchev–Trinajstić information content (AvgIpc) is 3.32. The number of aliphatic hydroxyl groups is 1. The van der Waals surface area contributed by atoms with Crippen LogP contribution in [-0.2, 0) is 11.2 Å². The quantitative estimate of drug-likeness (QED) is 0.310. The maximum Gasteiger partial charge on any atom is 0.422 e. The third-order valence-electron chi connectivity index (χ3n) is 7.14. The lowest BCUT2D eigenvalue weighted by Gasteiger charge is -2.32. The lowest BCUT2D eigenvalue weighted by molar-refractivity contribution is -0.153. The first kappa shape index (κ1) is 27.4. The lowest BCUT2D eigenvalue weighted by Crippen LogP contribution is -2.47. The SMILES string of the molecule is CCc1nc2[nH]c(C(=O)NC3CCN(C(=O)CO)CC3)c(OCC(F)(F)F)c2cc1-c1ccc2ccccc2c1. The fourth-order valence-corrected chi connectivity index (χ4v) is 5.10. The van der Waals surface area contributed by atoms with E-state index in [4.69, 9.17) is 9.84 Å². The monoisotopic (exact) mass is 554 g/mol. The molecule has 1 aliphatic heterocycles. The molecule has 11 heteroatoms. The van der Waals surface area contributed by atoms with Crippen LogP contribution in [0.1, 0.15) is 35.9 Å². The van der Waals surface area contributed by atoms with Crippen molar-refractivity contribution in [3.05, 3.63) is 59.9 Å². The van der Waals surface area contributed by atoms with E-state index >= 15 is 0 Å². The molecule has 1 fully saturated rings. The van der Waals surface area contributed by atoms with E-state index in [1.54, 1.807) is 6.07 Å². The van der Waals surface area contributed by atoms with Gasteiger partial charge in [0.15, 0.2) is 12.4 Å². The number of piperidine rings is 1. The maximum atomic E-state index is 13.3. The topological polar surface area (TPSA) is 108 Å². The van der Waals surface area contributed by atoms with Crippen LogP contribution in [0.15, 0.2) is 48.5 Å². The Morgan fingerprint density at radius 1 is 1.12 bits per heavy atom. The van der Waals surface area contributed by atoms with E-state index in [-0.39, 0.29) is 34.4 Å². The van der Waals surface area contributed by atoms with Crippen LogP contribution in [0, 0.1) is 0 Å². The zero-order valence-electron chi connectivity index (χ0n) is 21.8. The molecular weight excluding hydrogens is 525 g/mol. The molecular formula is C29H29F3N4O4. The van der Waals surface area contributed by atoms with Gasteiger partial charge in [-0.15, -0.1) is 0 Å². The summed E-state index contributed by atoms with van der Waals surface area (Å²) in [5.74, 6) is -1.22. The number of amides is 2. The number of aliphatic hydroxyl groups excluding tert-OH is 1. The number of fused-ring (bicyclic) bond motifs is 2. The largest absolute Gasteiger partial charge is 0.481 e. The van der Waals surface area contributed by atoms with Gasteiger partial charge < -0.3 is 25.0 Å². The van der Waals surface area contributed by atoms with Crippen LogP contribution in [0.5, 0.6) is 5.75 Å². The number of aryl methyl sites for hydroxylation is 1. The summed E-state index contributed by atoms with van der Waals surface area (Å²) in [6.45, 7) is 0.489. The molecule has 0 bridgehead atoms. The molecule has 0 spiro atoms. The molecule has 8 nitrogen and oxygen atoms in total. The van der Waals surface area contributed by atoms with E-state index in [2.05, 4.69) is 15.3 Å². The van der Waals surface area contributed by atoms with E-state index in [0.29, 0.717) is 32.4 Å². The fourth-order valence-electron chi connectivity index (χ4n) is 5.10. The van der Waals surface area contributed by atoms with Crippen molar-refractivity contribution in [3.8, 4) is 16.9 Å². The van der Waals surface area contributed by atoms with Gasteiger partial charge in [0.25, 0.3) is 5.91 Å². The minimum Gasteiger partial charge on any atom is -0.481 e. The number of rotatable bonds is 7. The van der Waals surface area contributed by atoms with E-state index in [0.717, 1.165) is 27.6 Å². The Kier molecular flexibility index (Phi) is 7.66. The van der Waals surface area contributed by atoms with Crippen LogP contribution in [0.2, 0.25) is 0 Å². The summed E-state index contributed by atoms with van der Waals surface area (Å²) in [5, 5.41) is 14.3. The molecule has 0 saturated carbocycles. The van der Waals surface area contributed by atoms with Gasteiger partial charge in [-0.1, -0.05) is 43.3 Å². The molecule has 5 rings (SSSR count). The Labute approximate surface area is 228 Å². The van der Waals surface area contributed by atoms with E-state index < -0.39 is 25.3 Å². The molecule has 2 aromatic carbocycles. The van der Waals surface area contributed by atoms with Crippen molar-refractivity contribution in [1.82, 2.24) is 20.2 Å². The normalized spacial score (nSPS) is 14.6.